The molecule has 1 heterocycles. The quantitative estimate of drug-likeness (QED) is 0.633. The van der Waals surface area contributed by atoms with Crippen LogP contribution in [0.4, 0.5) is 4.39 Å². The first-order valence-electron chi connectivity index (χ1n) is 10.6. The highest BCUT2D eigenvalue weighted by Gasteiger charge is 2.49. The molecule has 2 fully saturated rings. The SMILES string of the molecule is CO[C@@H]([C@@H]1C[C@@H]2CC2N1)[C@@H](C)C(=O)N[C@@H](Cc1ccccc1F)C(=O)OC(C)(C)C. The van der Waals surface area contributed by atoms with Crippen molar-refractivity contribution in [1.82, 2.24) is 10.6 Å². The minimum Gasteiger partial charge on any atom is -0.458 e. The summed E-state index contributed by atoms with van der Waals surface area (Å²) in [6.45, 7) is 7.07. The van der Waals surface area contributed by atoms with Crippen molar-refractivity contribution in [2.24, 2.45) is 11.8 Å². The summed E-state index contributed by atoms with van der Waals surface area (Å²) in [6, 6.07) is 5.90. The normalized spacial score (nSPS) is 25.7. The lowest BCUT2D eigenvalue weighted by Gasteiger charge is -2.30. The van der Waals surface area contributed by atoms with Crippen LogP contribution in [-0.2, 0) is 25.5 Å². The molecule has 1 aromatic rings. The molecule has 1 aliphatic heterocycles. The average molecular weight is 421 g/mol. The number of ether oxygens (including phenoxy) is 2. The molecule has 1 amide bonds. The Kier molecular flexibility index (Phi) is 6.82. The summed E-state index contributed by atoms with van der Waals surface area (Å²) in [4.78, 5) is 25.8. The molecule has 1 unspecified atom stereocenters. The summed E-state index contributed by atoms with van der Waals surface area (Å²) in [5.41, 5.74) is -0.368. The summed E-state index contributed by atoms with van der Waals surface area (Å²) >= 11 is 0. The van der Waals surface area contributed by atoms with Crippen molar-refractivity contribution in [2.75, 3.05) is 7.11 Å². The predicted octanol–water partition coefficient (Wildman–Crippen LogP) is 2.60. The zero-order chi connectivity index (χ0) is 22.1. The van der Waals surface area contributed by atoms with Crippen molar-refractivity contribution in [3.05, 3.63) is 35.6 Å². The van der Waals surface area contributed by atoms with E-state index in [0.29, 0.717) is 17.5 Å². The molecular formula is C23H33FN2O4. The molecule has 3 rings (SSSR count). The van der Waals surface area contributed by atoms with Gasteiger partial charge in [-0.2, -0.15) is 0 Å². The van der Waals surface area contributed by atoms with Gasteiger partial charge in [-0.1, -0.05) is 25.1 Å². The van der Waals surface area contributed by atoms with Crippen molar-refractivity contribution in [3.8, 4) is 0 Å². The Hall–Kier alpha value is -1.99. The maximum absolute atomic E-state index is 14.2. The van der Waals surface area contributed by atoms with Gasteiger partial charge in [0.2, 0.25) is 5.91 Å². The maximum atomic E-state index is 14.2. The number of hydrogen-bond donors (Lipinski definition) is 2. The third-order valence-corrected chi connectivity index (χ3v) is 5.87. The van der Waals surface area contributed by atoms with Crippen LogP contribution in [0.5, 0.6) is 0 Å². The molecule has 0 spiro atoms. The van der Waals surface area contributed by atoms with E-state index in [0.717, 1.165) is 6.42 Å². The summed E-state index contributed by atoms with van der Waals surface area (Å²) in [7, 11) is 1.60. The molecule has 6 atom stereocenters. The average Bonchev–Trinajstić information content (AvgIpc) is 3.27. The number of piperidine rings is 1. The Morgan fingerprint density at radius 3 is 2.53 bits per heavy atom. The fourth-order valence-corrected chi connectivity index (χ4v) is 4.23. The lowest BCUT2D eigenvalue weighted by atomic mass is 9.94. The highest BCUT2D eigenvalue weighted by Crippen LogP contribution is 2.42. The van der Waals surface area contributed by atoms with Gasteiger partial charge >= 0.3 is 5.97 Å². The minimum absolute atomic E-state index is 0.0174. The van der Waals surface area contributed by atoms with E-state index in [1.165, 1.54) is 12.5 Å². The van der Waals surface area contributed by atoms with Crippen LogP contribution in [0.15, 0.2) is 24.3 Å². The molecule has 1 aliphatic carbocycles. The van der Waals surface area contributed by atoms with Gasteiger partial charge in [-0.05, 0) is 51.2 Å². The van der Waals surface area contributed by atoms with Gasteiger partial charge in [0.05, 0.1) is 12.0 Å². The minimum atomic E-state index is -0.987. The fourth-order valence-electron chi connectivity index (χ4n) is 4.23. The van der Waals surface area contributed by atoms with Gasteiger partial charge in [0.1, 0.15) is 17.5 Å². The molecule has 166 valence electrons. The number of amides is 1. The number of methoxy groups -OCH3 is 1. The molecule has 0 aromatic heterocycles. The summed E-state index contributed by atoms with van der Waals surface area (Å²) in [6.07, 6.45) is 1.90. The monoisotopic (exact) mass is 420 g/mol. The molecule has 0 radical (unpaired) electrons. The fraction of sp³-hybridized carbons (Fsp3) is 0.652. The number of carbonyl (C=O) groups excluding carboxylic acids is 2. The molecule has 1 saturated heterocycles. The zero-order valence-electron chi connectivity index (χ0n) is 18.4. The van der Waals surface area contributed by atoms with Crippen LogP contribution >= 0.6 is 0 Å². The number of benzene rings is 1. The lowest BCUT2D eigenvalue weighted by molar-refractivity contribution is -0.159. The lowest BCUT2D eigenvalue weighted by Crippen LogP contribution is -2.52. The molecule has 30 heavy (non-hydrogen) atoms. The van der Waals surface area contributed by atoms with Crippen LogP contribution in [0.2, 0.25) is 0 Å². The second kappa shape index (κ2) is 9.02. The van der Waals surface area contributed by atoms with Crippen LogP contribution in [0, 0.1) is 17.7 Å². The Bertz CT molecular complexity index is 769. The van der Waals surface area contributed by atoms with Gasteiger partial charge < -0.3 is 20.1 Å². The Morgan fingerprint density at radius 2 is 1.97 bits per heavy atom. The van der Waals surface area contributed by atoms with Gasteiger partial charge in [0, 0.05) is 25.6 Å². The largest absolute Gasteiger partial charge is 0.458 e. The summed E-state index contributed by atoms with van der Waals surface area (Å²) < 4.78 is 25.3. The molecule has 1 aromatic carbocycles. The molecule has 7 heteroatoms. The topological polar surface area (TPSA) is 76.7 Å². The molecular weight excluding hydrogens is 387 g/mol. The van der Waals surface area contributed by atoms with Crippen LogP contribution in [-0.4, -0.2) is 48.8 Å². The van der Waals surface area contributed by atoms with Gasteiger partial charge in [-0.25, -0.2) is 9.18 Å². The molecule has 1 saturated carbocycles. The molecule has 2 aliphatic rings. The zero-order valence-corrected chi connectivity index (χ0v) is 18.4. The molecule has 2 N–H and O–H groups in total. The van der Waals surface area contributed by atoms with Gasteiger partial charge in [-0.3, -0.25) is 4.79 Å². The van der Waals surface area contributed by atoms with E-state index in [-0.39, 0.29) is 24.5 Å². The standard InChI is InChI=1S/C23H33FN2O4/c1-13(20(29-5)18-12-15-11-17(15)25-18)21(27)26-19(22(28)30-23(2,3)4)10-14-8-6-7-9-16(14)24/h6-9,13,15,17-20,25H,10-12H2,1-5H3,(H,26,27)/t13-,15+,17?,18+,19+,20-/m1/s1. The predicted molar refractivity (Wildman–Crippen MR) is 111 cm³/mol. The van der Waals surface area contributed by atoms with Crippen LogP contribution < -0.4 is 10.6 Å². The smallest absolute Gasteiger partial charge is 0.329 e. The van der Waals surface area contributed by atoms with E-state index in [1.807, 2.05) is 0 Å². The van der Waals surface area contributed by atoms with E-state index in [2.05, 4.69) is 10.6 Å². The number of hydrogen-bond acceptors (Lipinski definition) is 5. The molecule has 0 bridgehead atoms. The second-order valence-electron chi connectivity index (χ2n) is 9.49. The number of esters is 1. The maximum Gasteiger partial charge on any atom is 0.329 e. The van der Waals surface area contributed by atoms with Gasteiger partial charge in [0.25, 0.3) is 0 Å². The summed E-state index contributed by atoms with van der Waals surface area (Å²) in [5.74, 6) is -1.11. The van der Waals surface area contributed by atoms with Crippen LogP contribution in [0.3, 0.4) is 0 Å². The van der Waals surface area contributed by atoms with Gasteiger partial charge in [0.15, 0.2) is 0 Å². The van der Waals surface area contributed by atoms with Crippen molar-refractivity contribution >= 4 is 11.9 Å². The Labute approximate surface area is 177 Å². The van der Waals surface area contributed by atoms with Crippen molar-refractivity contribution < 1.29 is 23.5 Å². The third-order valence-electron chi connectivity index (χ3n) is 5.87. The Morgan fingerprint density at radius 1 is 1.27 bits per heavy atom. The first-order chi connectivity index (χ1) is 14.1. The Balaban J connectivity index is 1.70. The first kappa shape index (κ1) is 22.7. The van der Waals surface area contributed by atoms with Crippen molar-refractivity contribution in [3.63, 3.8) is 0 Å². The van der Waals surface area contributed by atoms with Crippen LogP contribution in [0.25, 0.3) is 0 Å². The number of fused-ring (bicyclic) bond motifs is 1. The van der Waals surface area contributed by atoms with E-state index >= 15 is 0 Å². The van der Waals surface area contributed by atoms with Crippen molar-refractivity contribution in [2.45, 2.75) is 76.8 Å². The first-order valence-corrected chi connectivity index (χ1v) is 10.6. The highest BCUT2D eigenvalue weighted by molar-refractivity contribution is 5.86. The second-order valence-corrected chi connectivity index (χ2v) is 9.49. The number of halogens is 1. The van der Waals surface area contributed by atoms with Crippen molar-refractivity contribution in [1.29, 1.82) is 0 Å². The third kappa shape index (κ3) is 5.58. The van der Waals surface area contributed by atoms with Gasteiger partial charge in [-0.15, -0.1) is 0 Å². The van der Waals surface area contributed by atoms with E-state index in [4.69, 9.17) is 9.47 Å². The number of rotatable bonds is 8. The van der Waals surface area contributed by atoms with Crippen LogP contribution in [0.1, 0.15) is 46.1 Å². The van der Waals surface area contributed by atoms with E-state index in [1.54, 1.807) is 53.0 Å². The molecule has 6 nitrogen and oxygen atoms in total. The number of nitrogens with one attached hydrogen (secondary N) is 2. The van der Waals surface area contributed by atoms with E-state index < -0.39 is 29.3 Å². The summed E-state index contributed by atoms with van der Waals surface area (Å²) in [5, 5.41) is 6.31. The highest BCUT2D eigenvalue weighted by atomic mass is 19.1. The van der Waals surface area contributed by atoms with E-state index in [9.17, 15) is 14.0 Å². The number of carbonyl (C=O) groups is 2.